The topological polar surface area (TPSA) is 84.0 Å². The molecule has 7 heteroatoms. The van der Waals surface area contributed by atoms with Gasteiger partial charge in [-0.1, -0.05) is 0 Å². The van der Waals surface area contributed by atoms with Gasteiger partial charge in [0.25, 0.3) is 5.88 Å². The maximum absolute atomic E-state index is 11.6. The molecule has 0 radical (unpaired) electrons. The molecule has 0 aliphatic carbocycles. The third-order valence-corrected chi connectivity index (χ3v) is 2.51. The third-order valence-electron chi connectivity index (χ3n) is 2.51. The van der Waals surface area contributed by atoms with Gasteiger partial charge >= 0.3 is 11.9 Å². The highest BCUT2D eigenvalue weighted by molar-refractivity contribution is 5.98. The van der Waals surface area contributed by atoms with Crippen LogP contribution in [0.4, 0.5) is 0 Å². The molecule has 0 fully saturated rings. The Labute approximate surface area is 103 Å². The van der Waals surface area contributed by atoms with Crippen LogP contribution in [0.15, 0.2) is 6.07 Å². The van der Waals surface area contributed by atoms with E-state index < -0.39 is 18.0 Å². The van der Waals surface area contributed by atoms with Gasteiger partial charge in [-0.15, -0.1) is 0 Å². The Bertz CT molecular complexity index is 513. The zero-order valence-corrected chi connectivity index (χ0v) is 10.1. The molecule has 0 spiro atoms. The molecule has 18 heavy (non-hydrogen) atoms. The Balaban J connectivity index is 2.53. The van der Waals surface area contributed by atoms with E-state index >= 15 is 0 Å². The van der Waals surface area contributed by atoms with Crippen molar-refractivity contribution in [1.29, 1.82) is 0 Å². The number of cyclic esters (lactones) is 1. The van der Waals surface area contributed by atoms with Crippen molar-refractivity contribution in [1.82, 2.24) is 4.98 Å². The van der Waals surface area contributed by atoms with Crippen LogP contribution in [-0.4, -0.2) is 38.3 Å². The number of esters is 2. The van der Waals surface area contributed by atoms with E-state index in [1.807, 2.05) is 0 Å². The number of hydrogen-bond donors (Lipinski definition) is 0. The fourth-order valence-electron chi connectivity index (χ4n) is 1.64. The number of nitrogens with zero attached hydrogens (tertiary/aromatic N) is 1. The largest absolute Gasteiger partial charge is 0.491 e. The number of hydrogen-bond acceptors (Lipinski definition) is 7. The summed E-state index contributed by atoms with van der Waals surface area (Å²) < 4.78 is 19.5. The molecule has 2 rings (SSSR count). The number of fused-ring (bicyclic) bond motifs is 1. The van der Waals surface area contributed by atoms with Gasteiger partial charge in [-0.25, -0.2) is 14.6 Å². The van der Waals surface area contributed by atoms with E-state index in [2.05, 4.69) is 9.72 Å². The van der Waals surface area contributed by atoms with Gasteiger partial charge < -0.3 is 18.9 Å². The second-order valence-electron chi connectivity index (χ2n) is 3.44. The van der Waals surface area contributed by atoms with Crippen LogP contribution in [0.5, 0.6) is 11.6 Å². The normalized spacial score (nSPS) is 16.8. The lowest BCUT2D eigenvalue weighted by molar-refractivity contribution is -0.150. The van der Waals surface area contributed by atoms with Crippen molar-refractivity contribution in [3.05, 3.63) is 17.3 Å². The number of carbonyl (C=O) groups excluding carboxylic acids is 2. The van der Waals surface area contributed by atoms with Crippen LogP contribution in [0.1, 0.15) is 22.2 Å². The van der Waals surface area contributed by atoms with Crippen LogP contribution >= 0.6 is 0 Å². The van der Waals surface area contributed by atoms with Crippen molar-refractivity contribution in [2.75, 3.05) is 21.3 Å². The molecule has 7 nitrogen and oxygen atoms in total. The van der Waals surface area contributed by atoms with E-state index in [1.54, 1.807) is 0 Å². The number of aromatic nitrogens is 1. The van der Waals surface area contributed by atoms with Gasteiger partial charge in [0.2, 0.25) is 6.10 Å². The van der Waals surface area contributed by atoms with Gasteiger partial charge in [-0.05, 0) is 0 Å². The van der Waals surface area contributed by atoms with Gasteiger partial charge in [0, 0.05) is 6.07 Å². The number of rotatable bonds is 3. The Hall–Kier alpha value is -2.31. The minimum atomic E-state index is -1.16. The van der Waals surface area contributed by atoms with Crippen molar-refractivity contribution in [2.24, 2.45) is 0 Å². The first-order valence-electron chi connectivity index (χ1n) is 5.04. The van der Waals surface area contributed by atoms with E-state index in [9.17, 15) is 9.59 Å². The molecule has 0 saturated carbocycles. The Morgan fingerprint density at radius 3 is 2.61 bits per heavy atom. The standard InChI is InChI=1S/C11H11NO6/c1-15-6-4-5-7(12-9(6)16-2)8(11(14)17-3)18-10(5)13/h4,8H,1-3H3/t8-/m0/s1. The molecule has 0 unspecified atom stereocenters. The fraction of sp³-hybridized carbons (Fsp3) is 0.364. The van der Waals surface area contributed by atoms with E-state index in [4.69, 9.17) is 14.2 Å². The molecule has 2 heterocycles. The van der Waals surface area contributed by atoms with Crippen LogP contribution in [0.2, 0.25) is 0 Å². The average Bonchev–Trinajstić information content (AvgIpc) is 2.73. The Morgan fingerprint density at radius 1 is 1.33 bits per heavy atom. The Kier molecular flexibility index (Phi) is 3.05. The zero-order chi connectivity index (χ0) is 13.3. The van der Waals surface area contributed by atoms with Gasteiger partial charge in [0.05, 0.1) is 26.9 Å². The van der Waals surface area contributed by atoms with Gasteiger partial charge in [-0.2, -0.15) is 0 Å². The first kappa shape index (κ1) is 12.2. The summed E-state index contributed by atoms with van der Waals surface area (Å²) in [6, 6.07) is 1.42. The van der Waals surface area contributed by atoms with Gasteiger partial charge in [-0.3, -0.25) is 0 Å². The molecule has 1 atom stereocenters. The number of ether oxygens (including phenoxy) is 4. The molecule has 1 aliphatic heterocycles. The predicted octanol–water partition coefficient (Wildman–Crippen LogP) is 0.483. The summed E-state index contributed by atoms with van der Waals surface area (Å²) in [5.74, 6) is -0.877. The first-order valence-corrected chi connectivity index (χ1v) is 5.04. The minimum Gasteiger partial charge on any atom is -0.491 e. The summed E-state index contributed by atoms with van der Waals surface area (Å²) in [4.78, 5) is 27.1. The smallest absolute Gasteiger partial charge is 0.353 e. The summed E-state index contributed by atoms with van der Waals surface area (Å²) >= 11 is 0. The molecule has 0 aromatic carbocycles. The van der Waals surface area contributed by atoms with E-state index in [-0.39, 0.29) is 17.1 Å². The average molecular weight is 253 g/mol. The SMILES string of the molecule is COC(=O)[C@H]1OC(=O)c2cc(OC)c(OC)nc21. The lowest BCUT2D eigenvalue weighted by Crippen LogP contribution is -2.15. The maximum atomic E-state index is 11.6. The number of methoxy groups -OCH3 is 3. The van der Waals surface area contributed by atoms with Crippen LogP contribution in [0.3, 0.4) is 0 Å². The highest BCUT2D eigenvalue weighted by Gasteiger charge is 2.40. The molecule has 96 valence electrons. The lowest BCUT2D eigenvalue weighted by Gasteiger charge is -2.09. The second kappa shape index (κ2) is 4.52. The summed E-state index contributed by atoms with van der Waals surface area (Å²) in [5, 5.41) is 0. The fourth-order valence-corrected chi connectivity index (χ4v) is 1.64. The summed E-state index contributed by atoms with van der Waals surface area (Å²) in [7, 11) is 4.03. The molecule has 0 bridgehead atoms. The van der Waals surface area contributed by atoms with Crippen LogP contribution in [0, 0.1) is 0 Å². The highest BCUT2D eigenvalue weighted by Crippen LogP contribution is 2.36. The molecule has 1 aromatic heterocycles. The predicted molar refractivity (Wildman–Crippen MR) is 57.5 cm³/mol. The molecule has 0 amide bonds. The molecule has 0 N–H and O–H groups in total. The van der Waals surface area contributed by atoms with Crippen molar-refractivity contribution >= 4 is 11.9 Å². The van der Waals surface area contributed by atoms with Gasteiger partial charge in [0.15, 0.2) is 5.75 Å². The van der Waals surface area contributed by atoms with Gasteiger partial charge in [0.1, 0.15) is 5.69 Å². The van der Waals surface area contributed by atoms with Crippen LogP contribution < -0.4 is 9.47 Å². The molecule has 1 aliphatic rings. The van der Waals surface area contributed by atoms with Crippen molar-refractivity contribution in [3.63, 3.8) is 0 Å². The van der Waals surface area contributed by atoms with Crippen molar-refractivity contribution in [2.45, 2.75) is 6.10 Å². The monoisotopic (exact) mass is 253 g/mol. The molecule has 1 aromatic rings. The number of carbonyl (C=O) groups is 2. The lowest BCUT2D eigenvalue weighted by atomic mass is 10.1. The highest BCUT2D eigenvalue weighted by atomic mass is 16.6. The van der Waals surface area contributed by atoms with E-state index in [1.165, 1.54) is 27.4 Å². The van der Waals surface area contributed by atoms with Crippen molar-refractivity contribution in [3.8, 4) is 11.6 Å². The first-order chi connectivity index (χ1) is 8.62. The molecular formula is C11H11NO6. The second-order valence-corrected chi connectivity index (χ2v) is 3.44. The summed E-state index contributed by atoms with van der Waals surface area (Å²) in [5.41, 5.74) is 0.340. The molecule has 0 saturated heterocycles. The quantitative estimate of drug-likeness (QED) is 0.724. The zero-order valence-electron chi connectivity index (χ0n) is 10.1. The minimum absolute atomic E-state index is 0.169. The van der Waals surface area contributed by atoms with E-state index in [0.717, 1.165) is 0 Å². The van der Waals surface area contributed by atoms with Crippen molar-refractivity contribution < 1.29 is 28.5 Å². The van der Waals surface area contributed by atoms with E-state index in [0.29, 0.717) is 5.75 Å². The number of pyridine rings is 1. The Morgan fingerprint density at radius 2 is 2.06 bits per heavy atom. The summed E-state index contributed by atoms with van der Waals surface area (Å²) in [6.07, 6.45) is -1.16. The summed E-state index contributed by atoms with van der Waals surface area (Å²) in [6.45, 7) is 0. The van der Waals surface area contributed by atoms with Crippen LogP contribution in [0.25, 0.3) is 0 Å². The maximum Gasteiger partial charge on any atom is 0.353 e. The third kappa shape index (κ3) is 1.73. The molecular weight excluding hydrogens is 242 g/mol. The van der Waals surface area contributed by atoms with Crippen LogP contribution in [-0.2, 0) is 14.3 Å².